The fourth-order valence-electron chi connectivity index (χ4n) is 2.02. The number of hydrogen-bond acceptors (Lipinski definition) is 1. The Morgan fingerprint density at radius 1 is 1.46 bits per heavy atom. The van der Waals surface area contributed by atoms with Crippen molar-refractivity contribution >= 4 is 11.6 Å². The van der Waals surface area contributed by atoms with Gasteiger partial charge in [-0.3, -0.25) is 0 Å². The molecular formula is C11H13ClO. The summed E-state index contributed by atoms with van der Waals surface area (Å²) in [5.41, 5.74) is 2.44. The van der Waals surface area contributed by atoms with Crippen LogP contribution in [0.15, 0.2) is 18.2 Å². The van der Waals surface area contributed by atoms with E-state index in [0.29, 0.717) is 0 Å². The molecule has 0 bridgehead atoms. The Labute approximate surface area is 83.3 Å². The second-order valence-electron chi connectivity index (χ2n) is 3.70. The van der Waals surface area contributed by atoms with Gasteiger partial charge in [-0.15, -0.1) is 0 Å². The molecule has 0 aromatic heterocycles. The van der Waals surface area contributed by atoms with E-state index in [0.717, 1.165) is 17.9 Å². The van der Waals surface area contributed by atoms with Crippen LogP contribution in [0.25, 0.3) is 0 Å². The summed E-state index contributed by atoms with van der Waals surface area (Å²) in [7, 11) is 0. The maximum absolute atomic E-state index is 9.67. The molecule has 1 N–H and O–H groups in total. The molecule has 2 rings (SSSR count). The highest BCUT2D eigenvalue weighted by Gasteiger charge is 2.25. The molecule has 0 spiro atoms. The van der Waals surface area contributed by atoms with Crippen molar-refractivity contribution < 1.29 is 5.11 Å². The van der Waals surface area contributed by atoms with Crippen LogP contribution in [0.2, 0.25) is 5.02 Å². The normalized spacial score (nSPS) is 27.0. The van der Waals surface area contributed by atoms with Gasteiger partial charge in [0.05, 0.1) is 6.10 Å². The Morgan fingerprint density at radius 2 is 2.23 bits per heavy atom. The van der Waals surface area contributed by atoms with Crippen molar-refractivity contribution in [2.24, 2.45) is 0 Å². The molecule has 13 heavy (non-hydrogen) atoms. The van der Waals surface area contributed by atoms with E-state index < -0.39 is 0 Å². The highest BCUT2D eigenvalue weighted by Crippen LogP contribution is 2.34. The van der Waals surface area contributed by atoms with Crippen molar-refractivity contribution in [1.29, 1.82) is 0 Å². The average molecular weight is 197 g/mol. The third kappa shape index (κ3) is 1.47. The van der Waals surface area contributed by atoms with E-state index in [4.69, 9.17) is 11.6 Å². The summed E-state index contributed by atoms with van der Waals surface area (Å²) in [5.74, 6) is 0.224. The fraction of sp³-hybridized carbons (Fsp3) is 0.455. The van der Waals surface area contributed by atoms with Crippen LogP contribution in [0.4, 0.5) is 0 Å². The van der Waals surface area contributed by atoms with Gasteiger partial charge in [-0.05, 0) is 30.0 Å². The molecular weight excluding hydrogens is 184 g/mol. The van der Waals surface area contributed by atoms with Crippen molar-refractivity contribution in [2.75, 3.05) is 0 Å². The first kappa shape index (κ1) is 9.04. The van der Waals surface area contributed by atoms with E-state index >= 15 is 0 Å². The predicted molar refractivity (Wildman–Crippen MR) is 54.2 cm³/mol. The standard InChI is InChI=1S/C11H13ClO/c1-7-8-3-2-4-10(12)9(8)5-6-11(7)13/h2-4,7,11,13H,5-6H2,1H3. The SMILES string of the molecule is CC1c2cccc(Cl)c2CCC1O. The van der Waals surface area contributed by atoms with Gasteiger partial charge in [0.15, 0.2) is 0 Å². The molecule has 1 aliphatic rings. The lowest BCUT2D eigenvalue weighted by Crippen LogP contribution is -2.23. The number of aliphatic hydroxyl groups excluding tert-OH is 1. The van der Waals surface area contributed by atoms with Gasteiger partial charge in [-0.25, -0.2) is 0 Å². The smallest absolute Gasteiger partial charge is 0.0609 e. The monoisotopic (exact) mass is 196 g/mol. The molecule has 1 aromatic carbocycles. The van der Waals surface area contributed by atoms with E-state index in [1.165, 1.54) is 11.1 Å². The van der Waals surface area contributed by atoms with Crippen molar-refractivity contribution in [2.45, 2.75) is 31.8 Å². The van der Waals surface area contributed by atoms with E-state index in [2.05, 4.69) is 13.0 Å². The lowest BCUT2D eigenvalue weighted by molar-refractivity contribution is 0.132. The minimum Gasteiger partial charge on any atom is -0.392 e. The number of rotatable bonds is 0. The predicted octanol–water partition coefficient (Wildman–Crippen LogP) is 2.75. The van der Waals surface area contributed by atoms with Crippen LogP contribution in [-0.2, 0) is 6.42 Å². The second kappa shape index (κ2) is 3.32. The molecule has 2 atom stereocenters. The minimum absolute atomic E-state index is 0.203. The van der Waals surface area contributed by atoms with E-state index in [9.17, 15) is 5.11 Å². The number of halogens is 1. The van der Waals surface area contributed by atoms with E-state index in [1.54, 1.807) is 0 Å². The van der Waals surface area contributed by atoms with Gasteiger partial charge in [0.25, 0.3) is 0 Å². The van der Waals surface area contributed by atoms with Crippen LogP contribution in [-0.4, -0.2) is 11.2 Å². The minimum atomic E-state index is -0.203. The first-order valence-electron chi connectivity index (χ1n) is 4.65. The molecule has 0 aliphatic heterocycles. The van der Waals surface area contributed by atoms with Crippen LogP contribution in [0.3, 0.4) is 0 Å². The topological polar surface area (TPSA) is 20.2 Å². The van der Waals surface area contributed by atoms with Crippen molar-refractivity contribution in [1.82, 2.24) is 0 Å². The summed E-state index contributed by atoms with van der Waals surface area (Å²) in [4.78, 5) is 0. The molecule has 0 amide bonds. The zero-order valence-corrected chi connectivity index (χ0v) is 8.38. The summed E-state index contributed by atoms with van der Waals surface area (Å²) < 4.78 is 0. The highest BCUT2D eigenvalue weighted by molar-refractivity contribution is 6.31. The summed E-state index contributed by atoms with van der Waals surface area (Å²) in [5, 5.41) is 10.5. The molecule has 0 fully saturated rings. The lowest BCUT2D eigenvalue weighted by atomic mass is 9.82. The van der Waals surface area contributed by atoms with Crippen LogP contribution >= 0.6 is 11.6 Å². The second-order valence-corrected chi connectivity index (χ2v) is 4.11. The molecule has 1 aliphatic carbocycles. The number of hydrogen-bond donors (Lipinski definition) is 1. The van der Waals surface area contributed by atoms with Gasteiger partial charge in [0.1, 0.15) is 0 Å². The molecule has 0 saturated carbocycles. The largest absolute Gasteiger partial charge is 0.392 e. The van der Waals surface area contributed by atoms with Gasteiger partial charge in [0.2, 0.25) is 0 Å². The highest BCUT2D eigenvalue weighted by atomic mass is 35.5. The van der Waals surface area contributed by atoms with Crippen molar-refractivity contribution in [3.63, 3.8) is 0 Å². The molecule has 0 heterocycles. The van der Waals surface area contributed by atoms with Gasteiger partial charge in [-0.1, -0.05) is 30.7 Å². The van der Waals surface area contributed by atoms with Gasteiger partial charge < -0.3 is 5.11 Å². The van der Waals surface area contributed by atoms with E-state index in [-0.39, 0.29) is 12.0 Å². The van der Waals surface area contributed by atoms with Gasteiger partial charge in [0, 0.05) is 10.9 Å². The Morgan fingerprint density at radius 3 is 3.00 bits per heavy atom. The molecule has 0 radical (unpaired) electrons. The number of benzene rings is 1. The third-order valence-electron chi connectivity index (χ3n) is 2.91. The third-order valence-corrected chi connectivity index (χ3v) is 3.27. The fourth-order valence-corrected chi connectivity index (χ4v) is 2.29. The first-order chi connectivity index (χ1) is 6.20. The zero-order valence-electron chi connectivity index (χ0n) is 7.63. The average Bonchev–Trinajstić information content (AvgIpc) is 2.12. The Hall–Kier alpha value is -0.530. The van der Waals surface area contributed by atoms with Crippen molar-refractivity contribution in [3.8, 4) is 0 Å². The summed E-state index contributed by atoms with van der Waals surface area (Å²) >= 11 is 6.07. The molecule has 2 unspecified atom stereocenters. The van der Waals surface area contributed by atoms with Gasteiger partial charge >= 0.3 is 0 Å². The summed E-state index contributed by atoms with van der Waals surface area (Å²) in [6, 6.07) is 5.94. The van der Waals surface area contributed by atoms with Crippen LogP contribution in [0.1, 0.15) is 30.4 Å². The summed E-state index contributed by atoms with van der Waals surface area (Å²) in [6.45, 7) is 2.05. The molecule has 1 aromatic rings. The maximum Gasteiger partial charge on any atom is 0.0609 e. The summed E-state index contributed by atoms with van der Waals surface area (Å²) in [6.07, 6.45) is 1.53. The molecule has 0 saturated heterocycles. The molecule has 70 valence electrons. The lowest BCUT2D eigenvalue weighted by Gasteiger charge is -2.27. The number of fused-ring (bicyclic) bond motifs is 1. The van der Waals surface area contributed by atoms with Crippen LogP contribution in [0.5, 0.6) is 0 Å². The Kier molecular flexibility index (Phi) is 2.31. The first-order valence-corrected chi connectivity index (χ1v) is 5.03. The molecule has 2 heteroatoms. The zero-order chi connectivity index (χ0) is 9.42. The van der Waals surface area contributed by atoms with Gasteiger partial charge in [-0.2, -0.15) is 0 Å². The maximum atomic E-state index is 9.67. The Balaban J connectivity index is 2.49. The molecule has 1 nitrogen and oxygen atoms in total. The van der Waals surface area contributed by atoms with Crippen LogP contribution < -0.4 is 0 Å². The number of aliphatic hydroxyl groups is 1. The Bertz CT molecular complexity index is 322. The van der Waals surface area contributed by atoms with Crippen molar-refractivity contribution in [3.05, 3.63) is 34.3 Å². The van der Waals surface area contributed by atoms with Crippen LogP contribution in [0, 0.1) is 0 Å². The quantitative estimate of drug-likeness (QED) is 0.677. The van der Waals surface area contributed by atoms with E-state index in [1.807, 2.05) is 12.1 Å².